The van der Waals surface area contributed by atoms with Gasteiger partial charge in [0.25, 0.3) is 0 Å². The molecule has 0 saturated carbocycles. The summed E-state index contributed by atoms with van der Waals surface area (Å²) in [6, 6.07) is 7.71. The van der Waals surface area contributed by atoms with Crippen molar-refractivity contribution in [2.75, 3.05) is 5.75 Å². The van der Waals surface area contributed by atoms with Crippen molar-refractivity contribution in [2.45, 2.75) is 11.8 Å². The summed E-state index contributed by atoms with van der Waals surface area (Å²) in [6.45, 7) is 2.08. The maximum Gasteiger partial charge on any atom is 0.126 e. The smallest absolute Gasteiger partial charge is 0.126 e. The predicted octanol–water partition coefficient (Wildman–Crippen LogP) is 2.27. The van der Waals surface area contributed by atoms with Crippen molar-refractivity contribution >= 4 is 17.6 Å². The van der Waals surface area contributed by atoms with Gasteiger partial charge in [-0.15, -0.1) is 11.8 Å². The van der Waals surface area contributed by atoms with E-state index in [2.05, 4.69) is 12.0 Å². The van der Waals surface area contributed by atoms with Gasteiger partial charge in [0.1, 0.15) is 5.84 Å². The molecule has 1 heterocycles. The van der Waals surface area contributed by atoms with Gasteiger partial charge in [0.05, 0.1) is 11.3 Å². The summed E-state index contributed by atoms with van der Waals surface area (Å²) >= 11 is 1.68. The van der Waals surface area contributed by atoms with Crippen LogP contribution in [0.3, 0.4) is 0 Å². The zero-order valence-corrected chi connectivity index (χ0v) is 10.4. The molecule has 0 unspecified atom stereocenters. The molecular weight excluding hydrogens is 232 g/mol. The molecule has 0 amide bonds. The van der Waals surface area contributed by atoms with Crippen LogP contribution in [0.15, 0.2) is 41.6 Å². The van der Waals surface area contributed by atoms with Crippen LogP contribution in [0.1, 0.15) is 12.5 Å². The average Bonchev–Trinajstić information content (AvgIpc) is 2.82. The molecule has 3 N–H and O–H groups in total. The first kappa shape index (κ1) is 11.7. The maximum atomic E-state index is 7.72. The number of nitrogens with two attached hydrogens (primary N) is 1. The van der Waals surface area contributed by atoms with Crippen LogP contribution in [0.2, 0.25) is 0 Å². The molecule has 2 aromatic rings. The van der Waals surface area contributed by atoms with Crippen molar-refractivity contribution in [3.05, 3.63) is 42.2 Å². The summed E-state index contributed by atoms with van der Waals surface area (Å²) < 4.78 is 1.73. The van der Waals surface area contributed by atoms with Crippen LogP contribution in [-0.2, 0) is 0 Å². The molecule has 2 rings (SSSR count). The molecule has 4 nitrogen and oxygen atoms in total. The number of nitrogens with zero attached hydrogens (tertiary/aromatic N) is 2. The molecule has 1 aromatic heterocycles. The predicted molar refractivity (Wildman–Crippen MR) is 71.0 cm³/mol. The Labute approximate surface area is 104 Å². The minimum absolute atomic E-state index is 0.0760. The summed E-state index contributed by atoms with van der Waals surface area (Å²) in [5.74, 6) is 1.02. The van der Waals surface area contributed by atoms with E-state index in [4.69, 9.17) is 11.1 Å². The molecule has 1 aromatic carbocycles. The number of thioether (sulfide) groups is 1. The van der Waals surface area contributed by atoms with E-state index in [1.807, 2.05) is 30.5 Å². The van der Waals surface area contributed by atoms with Crippen LogP contribution in [0, 0.1) is 5.41 Å². The Morgan fingerprint density at radius 2 is 2.29 bits per heavy atom. The van der Waals surface area contributed by atoms with E-state index >= 15 is 0 Å². The number of rotatable bonds is 4. The number of hydrogen-bond donors (Lipinski definition) is 2. The first-order chi connectivity index (χ1) is 8.24. The van der Waals surface area contributed by atoms with Gasteiger partial charge in [-0.25, -0.2) is 4.68 Å². The molecular formula is C12H14N4S. The number of aromatic nitrogens is 2. The normalized spacial score (nSPS) is 10.4. The highest BCUT2D eigenvalue weighted by Gasteiger charge is 2.12. The highest BCUT2D eigenvalue weighted by molar-refractivity contribution is 7.99. The second kappa shape index (κ2) is 5.05. The van der Waals surface area contributed by atoms with Crippen LogP contribution in [0.4, 0.5) is 0 Å². The first-order valence-corrected chi connectivity index (χ1v) is 6.32. The molecule has 0 atom stereocenters. The highest BCUT2D eigenvalue weighted by Crippen LogP contribution is 2.26. The molecule has 17 heavy (non-hydrogen) atoms. The monoisotopic (exact) mass is 246 g/mol. The summed E-state index contributed by atoms with van der Waals surface area (Å²) in [6.07, 6.45) is 3.56. The molecule has 0 aliphatic heterocycles. The van der Waals surface area contributed by atoms with Gasteiger partial charge in [-0.2, -0.15) is 5.10 Å². The fraction of sp³-hybridized carbons (Fsp3) is 0.167. The third-order valence-corrected chi connectivity index (χ3v) is 3.26. The molecule has 5 heteroatoms. The van der Waals surface area contributed by atoms with Gasteiger partial charge < -0.3 is 5.73 Å². The fourth-order valence-electron chi connectivity index (χ4n) is 1.67. The minimum atomic E-state index is 0.0760. The van der Waals surface area contributed by atoms with Crippen molar-refractivity contribution < 1.29 is 0 Å². The number of amidine groups is 1. The highest BCUT2D eigenvalue weighted by atomic mass is 32.2. The van der Waals surface area contributed by atoms with Gasteiger partial charge in [-0.1, -0.05) is 13.0 Å². The van der Waals surface area contributed by atoms with Gasteiger partial charge in [-0.05, 0) is 24.0 Å². The Morgan fingerprint density at radius 1 is 1.47 bits per heavy atom. The topological polar surface area (TPSA) is 67.7 Å². The summed E-state index contributed by atoms with van der Waals surface area (Å²) in [5, 5.41) is 11.9. The van der Waals surface area contributed by atoms with Crippen molar-refractivity contribution in [1.82, 2.24) is 9.78 Å². The lowest BCUT2D eigenvalue weighted by atomic mass is 10.1. The third kappa shape index (κ3) is 2.34. The number of nitrogens with one attached hydrogen (secondary N) is 1. The fourth-order valence-corrected chi connectivity index (χ4v) is 2.51. The quantitative estimate of drug-likeness (QED) is 0.494. The van der Waals surface area contributed by atoms with E-state index in [0.29, 0.717) is 0 Å². The lowest BCUT2D eigenvalue weighted by Gasteiger charge is -2.12. The zero-order chi connectivity index (χ0) is 12.3. The molecule has 0 aliphatic carbocycles. The van der Waals surface area contributed by atoms with Crippen LogP contribution in [0.5, 0.6) is 0 Å². The van der Waals surface area contributed by atoms with Crippen LogP contribution < -0.4 is 5.73 Å². The van der Waals surface area contributed by atoms with Gasteiger partial charge >= 0.3 is 0 Å². The van der Waals surface area contributed by atoms with Gasteiger partial charge in [-0.3, -0.25) is 5.41 Å². The van der Waals surface area contributed by atoms with E-state index in [0.717, 1.165) is 21.9 Å². The van der Waals surface area contributed by atoms with E-state index in [9.17, 15) is 0 Å². The van der Waals surface area contributed by atoms with Crippen molar-refractivity contribution in [2.24, 2.45) is 5.73 Å². The van der Waals surface area contributed by atoms with Gasteiger partial charge in [0.2, 0.25) is 0 Å². The van der Waals surface area contributed by atoms with Crippen LogP contribution >= 0.6 is 11.8 Å². The van der Waals surface area contributed by atoms with E-state index in [1.165, 1.54) is 0 Å². The van der Waals surface area contributed by atoms with Crippen molar-refractivity contribution in [3.63, 3.8) is 0 Å². The minimum Gasteiger partial charge on any atom is -0.384 e. The van der Waals surface area contributed by atoms with Crippen molar-refractivity contribution in [1.29, 1.82) is 5.41 Å². The Morgan fingerprint density at radius 3 is 2.88 bits per heavy atom. The third-order valence-electron chi connectivity index (χ3n) is 2.32. The second-order valence-corrected chi connectivity index (χ2v) is 4.75. The Bertz CT molecular complexity index is 519. The molecule has 0 radical (unpaired) electrons. The van der Waals surface area contributed by atoms with Crippen molar-refractivity contribution in [3.8, 4) is 5.69 Å². The van der Waals surface area contributed by atoms with Gasteiger partial charge in [0.15, 0.2) is 0 Å². The standard InChI is InChI=1S/C12H14N4S/c1-2-17-10-6-3-5-9(11(10)12(13)14)16-8-4-7-15-16/h3-8H,2H2,1H3,(H3,13,14). The van der Waals surface area contributed by atoms with E-state index in [1.54, 1.807) is 22.6 Å². The van der Waals surface area contributed by atoms with E-state index in [-0.39, 0.29) is 5.84 Å². The first-order valence-electron chi connectivity index (χ1n) is 5.34. The molecule has 0 aliphatic rings. The lowest BCUT2D eigenvalue weighted by Crippen LogP contribution is -2.16. The van der Waals surface area contributed by atoms with Gasteiger partial charge in [0, 0.05) is 17.3 Å². The number of benzene rings is 1. The average molecular weight is 246 g/mol. The zero-order valence-electron chi connectivity index (χ0n) is 9.55. The Kier molecular flexibility index (Phi) is 3.49. The molecule has 0 spiro atoms. The second-order valence-electron chi connectivity index (χ2n) is 3.45. The largest absolute Gasteiger partial charge is 0.384 e. The summed E-state index contributed by atoms with van der Waals surface area (Å²) in [7, 11) is 0. The number of hydrogen-bond acceptors (Lipinski definition) is 3. The van der Waals surface area contributed by atoms with Crippen LogP contribution in [-0.4, -0.2) is 21.4 Å². The molecule has 0 saturated heterocycles. The number of nitrogen functional groups attached to an aromatic ring is 1. The SMILES string of the molecule is CCSc1cccc(-n2cccn2)c1C(=N)N. The Hall–Kier alpha value is -1.75. The summed E-state index contributed by atoms with van der Waals surface area (Å²) in [5.41, 5.74) is 7.28. The molecule has 88 valence electrons. The summed E-state index contributed by atoms with van der Waals surface area (Å²) in [4.78, 5) is 1.02. The maximum absolute atomic E-state index is 7.72. The lowest BCUT2D eigenvalue weighted by molar-refractivity contribution is 0.874. The van der Waals surface area contributed by atoms with E-state index < -0.39 is 0 Å². The molecule has 0 fully saturated rings. The Balaban J connectivity index is 2.59. The van der Waals surface area contributed by atoms with Crippen LogP contribution in [0.25, 0.3) is 5.69 Å². The molecule has 0 bridgehead atoms.